The van der Waals surface area contributed by atoms with Gasteiger partial charge in [0, 0.05) is 11.4 Å². The van der Waals surface area contributed by atoms with E-state index in [1.165, 1.54) is 24.3 Å². The number of ketones is 1. The zero-order valence-corrected chi connectivity index (χ0v) is 10.1. The van der Waals surface area contributed by atoms with Crippen LogP contribution in [0.15, 0.2) is 29.2 Å². The van der Waals surface area contributed by atoms with Gasteiger partial charge in [0.25, 0.3) is 0 Å². The lowest BCUT2D eigenvalue weighted by atomic mass is 10.3. The molecule has 1 unspecified atom stereocenters. The Morgan fingerprint density at radius 3 is 2.31 bits per heavy atom. The first-order chi connectivity index (χ1) is 7.51. The van der Waals surface area contributed by atoms with Gasteiger partial charge in [-0.1, -0.05) is 11.6 Å². The van der Waals surface area contributed by atoms with E-state index in [0.29, 0.717) is 24.3 Å². The predicted octanol–water partition coefficient (Wildman–Crippen LogP) is 2.24. The molecule has 0 aliphatic heterocycles. The summed E-state index contributed by atoms with van der Waals surface area (Å²) >= 11 is 5.69. The van der Waals surface area contributed by atoms with Crippen LogP contribution in [0.3, 0.4) is 0 Å². The van der Waals surface area contributed by atoms with Crippen LogP contribution in [0.25, 0.3) is 0 Å². The van der Waals surface area contributed by atoms with E-state index in [4.69, 9.17) is 11.6 Å². The summed E-state index contributed by atoms with van der Waals surface area (Å²) in [6.45, 7) is 0. The van der Waals surface area contributed by atoms with E-state index in [1.807, 2.05) is 0 Å². The molecule has 0 amide bonds. The van der Waals surface area contributed by atoms with Crippen LogP contribution in [0.1, 0.15) is 19.3 Å². The first-order valence-electron chi connectivity index (χ1n) is 5.04. The van der Waals surface area contributed by atoms with Crippen LogP contribution < -0.4 is 0 Å². The quantitative estimate of drug-likeness (QED) is 0.817. The Labute approximate surface area is 99.3 Å². The monoisotopic (exact) mass is 258 g/mol. The summed E-state index contributed by atoms with van der Waals surface area (Å²) in [5.41, 5.74) is 0. The number of carbonyl (C=O) groups excluding carboxylic acids is 1. The fraction of sp³-hybridized carbons (Fsp3) is 0.364. The fourth-order valence-corrected chi connectivity index (χ4v) is 3.81. The van der Waals surface area contributed by atoms with Crippen molar-refractivity contribution in [3.05, 3.63) is 29.3 Å². The van der Waals surface area contributed by atoms with Crippen LogP contribution in [0, 0.1) is 0 Å². The molecule has 3 nitrogen and oxygen atoms in total. The SMILES string of the molecule is O=C1CCCC1S(=O)(=O)c1ccc(Cl)cc1. The van der Waals surface area contributed by atoms with E-state index < -0.39 is 15.1 Å². The Bertz CT molecular complexity index is 505. The number of halogens is 1. The topological polar surface area (TPSA) is 51.2 Å². The van der Waals surface area contributed by atoms with Gasteiger partial charge >= 0.3 is 0 Å². The zero-order chi connectivity index (χ0) is 11.8. The molecule has 1 atom stereocenters. The number of rotatable bonds is 2. The van der Waals surface area contributed by atoms with Crippen molar-refractivity contribution in [2.75, 3.05) is 0 Å². The highest BCUT2D eigenvalue weighted by Gasteiger charge is 2.36. The summed E-state index contributed by atoms with van der Waals surface area (Å²) < 4.78 is 24.2. The van der Waals surface area contributed by atoms with E-state index >= 15 is 0 Å². The van der Waals surface area contributed by atoms with Crippen molar-refractivity contribution in [1.82, 2.24) is 0 Å². The molecule has 0 N–H and O–H groups in total. The third-order valence-electron chi connectivity index (χ3n) is 2.77. The predicted molar refractivity (Wildman–Crippen MR) is 61.3 cm³/mol. The van der Waals surface area contributed by atoms with Crippen molar-refractivity contribution in [1.29, 1.82) is 0 Å². The highest BCUT2D eigenvalue weighted by molar-refractivity contribution is 7.92. The molecule has 0 bridgehead atoms. The molecular weight excluding hydrogens is 248 g/mol. The third kappa shape index (κ3) is 1.99. The molecule has 1 aromatic rings. The maximum absolute atomic E-state index is 12.1. The van der Waals surface area contributed by atoms with Gasteiger partial charge in [0.1, 0.15) is 5.25 Å². The van der Waals surface area contributed by atoms with Crippen molar-refractivity contribution in [2.45, 2.75) is 29.4 Å². The second kappa shape index (κ2) is 4.18. The fourth-order valence-electron chi connectivity index (χ4n) is 1.90. The zero-order valence-electron chi connectivity index (χ0n) is 8.52. The molecule has 1 aliphatic carbocycles. The van der Waals surface area contributed by atoms with Gasteiger partial charge in [-0.25, -0.2) is 8.42 Å². The average molecular weight is 259 g/mol. The summed E-state index contributed by atoms with van der Waals surface area (Å²) in [5.74, 6) is -0.171. The van der Waals surface area contributed by atoms with E-state index in [-0.39, 0.29) is 10.7 Å². The Morgan fingerprint density at radius 2 is 1.81 bits per heavy atom. The molecule has 16 heavy (non-hydrogen) atoms. The lowest BCUT2D eigenvalue weighted by Gasteiger charge is -2.09. The van der Waals surface area contributed by atoms with E-state index in [9.17, 15) is 13.2 Å². The summed E-state index contributed by atoms with van der Waals surface area (Å²) in [4.78, 5) is 11.6. The van der Waals surface area contributed by atoms with Crippen LogP contribution in [0.5, 0.6) is 0 Å². The van der Waals surface area contributed by atoms with Gasteiger partial charge in [-0.3, -0.25) is 4.79 Å². The number of hydrogen-bond acceptors (Lipinski definition) is 3. The van der Waals surface area contributed by atoms with E-state index in [0.717, 1.165) is 0 Å². The van der Waals surface area contributed by atoms with Crippen molar-refractivity contribution >= 4 is 27.2 Å². The minimum absolute atomic E-state index is 0.171. The maximum atomic E-state index is 12.1. The molecule has 0 aromatic heterocycles. The van der Waals surface area contributed by atoms with Crippen molar-refractivity contribution < 1.29 is 13.2 Å². The molecule has 5 heteroatoms. The molecule has 2 rings (SSSR count). The van der Waals surface area contributed by atoms with Gasteiger partial charge in [-0.2, -0.15) is 0 Å². The molecule has 86 valence electrons. The Morgan fingerprint density at radius 1 is 1.19 bits per heavy atom. The van der Waals surface area contributed by atoms with Crippen LogP contribution in [0.4, 0.5) is 0 Å². The number of benzene rings is 1. The molecular formula is C11H11ClO3S. The minimum Gasteiger partial charge on any atom is -0.298 e. The van der Waals surface area contributed by atoms with Crippen LogP contribution in [-0.4, -0.2) is 19.5 Å². The Hall–Kier alpha value is -0.870. The number of sulfone groups is 1. The lowest BCUT2D eigenvalue weighted by Crippen LogP contribution is -2.25. The van der Waals surface area contributed by atoms with Crippen LogP contribution in [0.2, 0.25) is 5.02 Å². The normalized spacial score (nSPS) is 21.3. The molecule has 0 radical (unpaired) electrons. The first-order valence-corrected chi connectivity index (χ1v) is 6.96. The molecule has 0 saturated heterocycles. The molecule has 1 saturated carbocycles. The second-order valence-corrected chi connectivity index (χ2v) is 6.41. The smallest absolute Gasteiger partial charge is 0.188 e. The van der Waals surface area contributed by atoms with Gasteiger partial charge in [-0.05, 0) is 37.1 Å². The van der Waals surface area contributed by atoms with E-state index in [2.05, 4.69) is 0 Å². The minimum atomic E-state index is -3.51. The standard InChI is InChI=1S/C11H11ClO3S/c12-8-4-6-9(7-5-8)16(14,15)11-3-1-2-10(11)13/h4-7,11H,1-3H2. The van der Waals surface area contributed by atoms with Gasteiger partial charge in [0.2, 0.25) is 0 Å². The lowest BCUT2D eigenvalue weighted by molar-refractivity contribution is -0.117. The molecule has 1 aliphatic rings. The number of carbonyl (C=O) groups is 1. The number of hydrogen-bond donors (Lipinski definition) is 0. The average Bonchev–Trinajstić information content (AvgIpc) is 2.66. The molecule has 0 spiro atoms. The van der Waals surface area contributed by atoms with Gasteiger partial charge in [0.15, 0.2) is 15.6 Å². The Kier molecular flexibility index (Phi) is 3.04. The Balaban J connectivity index is 2.39. The van der Waals surface area contributed by atoms with Crippen molar-refractivity contribution in [3.63, 3.8) is 0 Å². The summed E-state index contributed by atoms with van der Waals surface area (Å²) in [6.07, 6.45) is 1.47. The largest absolute Gasteiger partial charge is 0.298 e. The van der Waals surface area contributed by atoms with Gasteiger partial charge < -0.3 is 0 Å². The third-order valence-corrected chi connectivity index (χ3v) is 5.19. The van der Waals surface area contributed by atoms with Gasteiger partial charge in [-0.15, -0.1) is 0 Å². The second-order valence-electron chi connectivity index (χ2n) is 3.85. The summed E-state index contributed by atoms with van der Waals surface area (Å²) in [6, 6.07) is 5.94. The van der Waals surface area contributed by atoms with E-state index in [1.54, 1.807) is 0 Å². The first kappa shape index (κ1) is 11.6. The highest BCUT2D eigenvalue weighted by Crippen LogP contribution is 2.27. The molecule has 0 heterocycles. The van der Waals surface area contributed by atoms with Crippen molar-refractivity contribution in [3.8, 4) is 0 Å². The van der Waals surface area contributed by atoms with Crippen LogP contribution >= 0.6 is 11.6 Å². The number of Topliss-reactive ketones (excluding diaryl/α,β-unsaturated/α-hetero) is 1. The van der Waals surface area contributed by atoms with Crippen molar-refractivity contribution in [2.24, 2.45) is 0 Å². The molecule has 1 fully saturated rings. The summed E-state index contributed by atoms with van der Waals surface area (Å²) in [5, 5.41) is -0.370. The van der Waals surface area contributed by atoms with Gasteiger partial charge in [0.05, 0.1) is 4.90 Å². The van der Waals surface area contributed by atoms with Crippen LogP contribution in [-0.2, 0) is 14.6 Å². The molecule has 1 aromatic carbocycles. The summed E-state index contributed by atoms with van der Waals surface area (Å²) in [7, 11) is -3.51. The highest BCUT2D eigenvalue weighted by atomic mass is 35.5. The maximum Gasteiger partial charge on any atom is 0.188 e.